The molecular formula is C13H12BrN3O4S. The summed E-state index contributed by atoms with van der Waals surface area (Å²) in [5, 5.41) is 4.47. The number of carbonyl (C=O) groups is 3. The molecule has 2 rings (SSSR count). The SMILES string of the molecule is CC(OC(=O)c1cc(Br)c[nH]1)C(=O)Nc1sccc1C(N)=O. The number of hydrogen-bond donors (Lipinski definition) is 3. The number of rotatable bonds is 5. The molecule has 9 heteroatoms. The largest absolute Gasteiger partial charge is 0.448 e. The lowest BCUT2D eigenvalue weighted by Gasteiger charge is -2.12. The fraction of sp³-hybridized carbons (Fsp3) is 0.154. The predicted molar refractivity (Wildman–Crippen MR) is 84.8 cm³/mol. The number of hydrogen-bond acceptors (Lipinski definition) is 5. The maximum Gasteiger partial charge on any atom is 0.355 e. The van der Waals surface area contributed by atoms with Crippen LogP contribution in [0.1, 0.15) is 27.8 Å². The summed E-state index contributed by atoms with van der Waals surface area (Å²) >= 11 is 4.35. The molecule has 0 aromatic carbocycles. The van der Waals surface area contributed by atoms with Crippen molar-refractivity contribution in [3.63, 3.8) is 0 Å². The number of ether oxygens (including phenoxy) is 1. The van der Waals surface area contributed by atoms with Crippen molar-refractivity contribution < 1.29 is 19.1 Å². The van der Waals surface area contributed by atoms with Crippen molar-refractivity contribution in [2.75, 3.05) is 5.32 Å². The average Bonchev–Trinajstić information content (AvgIpc) is 3.07. The van der Waals surface area contributed by atoms with Gasteiger partial charge in [0.05, 0.1) is 5.56 Å². The molecule has 0 fully saturated rings. The number of nitrogens with two attached hydrogens (primary N) is 1. The Bertz CT molecular complexity index is 724. The van der Waals surface area contributed by atoms with Gasteiger partial charge in [-0.05, 0) is 40.4 Å². The molecule has 7 nitrogen and oxygen atoms in total. The summed E-state index contributed by atoms with van der Waals surface area (Å²) in [6.45, 7) is 1.43. The van der Waals surface area contributed by atoms with E-state index in [-0.39, 0.29) is 11.3 Å². The molecule has 0 saturated heterocycles. The summed E-state index contributed by atoms with van der Waals surface area (Å²) in [6.07, 6.45) is 0.545. The van der Waals surface area contributed by atoms with Gasteiger partial charge in [-0.2, -0.15) is 0 Å². The number of H-pyrrole nitrogens is 1. The lowest BCUT2D eigenvalue weighted by Crippen LogP contribution is -2.30. The number of thiophene rings is 1. The molecule has 0 aliphatic rings. The normalized spacial score (nSPS) is 11.7. The zero-order valence-electron chi connectivity index (χ0n) is 11.4. The lowest BCUT2D eigenvalue weighted by molar-refractivity contribution is -0.123. The summed E-state index contributed by atoms with van der Waals surface area (Å²) < 4.78 is 5.74. The summed E-state index contributed by atoms with van der Waals surface area (Å²) in [6, 6.07) is 3.05. The van der Waals surface area contributed by atoms with Crippen LogP contribution in [0.5, 0.6) is 0 Å². The highest BCUT2D eigenvalue weighted by molar-refractivity contribution is 9.10. The molecule has 0 saturated carbocycles. The molecule has 2 amide bonds. The molecule has 0 bridgehead atoms. The Kier molecular flexibility index (Phi) is 4.99. The quantitative estimate of drug-likeness (QED) is 0.683. The van der Waals surface area contributed by atoms with Crippen LogP contribution < -0.4 is 11.1 Å². The van der Waals surface area contributed by atoms with Crippen molar-refractivity contribution in [3.05, 3.63) is 39.4 Å². The molecule has 4 N–H and O–H groups in total. The molecule has 116 valence electrons. The van der Waals surface area contributed by atoms with Crippen molar-refractivity contribution >= 4 is 50.1 Å². The van der Waals surface area contributed by atoms with Crippen LogP contribution in [0.25, 0.3) is 0 Å². The second-order valence-electron chi connectivity index (χ2n) is 4.30. The molecule has 22 heavy (non-hydrogen) atoms. The van der Waals surface area contributed by atoms with Gasteiger partial charge in [-0.3, -0.25) is 9.59 Å². The summed E-state index contributed by atoms with van der Waals surface area (Å²) in [5.74, 6) is -1.85. The average molecular weight is 386 g/mol. The van der Waals surface area contributed by atoms with Gasteiger partial charge in [-0.15, -0.1) is 11.3 Å². The van der Waals surface area contributed by atoms with Crippen molar-refractivity contribution in [1.29, 1.82) is 0 Å². The zero-order valence-corrected chi connectivity index (χ0v) is 13.8. The number of anilines is 1. The number of esters is 1. The fourth-order valence-electron chi connectivity index (χ4n) is 1.58. The maximum atomic E-state index is 12.0. The molecule has 1 atom stereocenters. The third-order valence-electron chi connectivity index (χ3n) is 2.69. The minimum atomic E-state index is -1.03. The zero-order chi connectivity index (χ0) is 16.3. The van der Waals surface area contributed by atoms with Crippen LogP contribution in [-0.4, -0.2) is 28.9 Å². The second-order valence-corrected chi connectivity index (χ2v) is 6.13. The van der Waals surface area contributed by atoms with Gasteiger partial charge < -0.3 is 20.8 Å². The second kappa shape index (κ2) is 6.75. The van der Waals surface area contributed by atoms with E-state index in [1.165, 1.54) is 19.1 Å². The molecule has 2 heterocycles. The topological polar surface area (TPSA) is 114 Å². The molecule has 1 unspecified atom stereocenters. The minimum Gasteiger partial charge on any atom is -0.448 e. The summed E-state index contributed by atoms with van der Waals surface area (Å²) in [4.78, 5) is 37.7. The first-order valence-corrected chi connectivity index (χ1v) is 7.79. The van der Waals surface area contributed by atoms with Gasteiger partial charge in [0.2, 0.25) is 0 Å². The highest BCUT2D eigenvalue weighted by atomic mass is 79.9. The number of primary amides is 1. The number of aromatic amines is 1. The van der Waals surface area contributed by atoms with Crippen LogP contribution in [0, 0.1) is 0 Å². The monoisotopic (exact) mass is 385 g/mol. The van der Waals surface area contributed by atoms with E-state index in [0.29, 0.717) is 9.47 Å². The molecule has 0 aliphatic heterocycles. The third-order valence-corrected chi connectivity index (χ3v) is 3.98. The Labute approximate surface area is 138 Å². The van der Waals surface area contributed by atoms with Crippen molar-refractivity contribution in [2.24, 2.45) is 5.73 Å². The number of carbonyl (C=O) groups excluding carboxylic acids is 3. The van der Waals surface area contributed by atoms with E-state index in [1.54, 1.807) is 11.6 Å². The number of amides is 2. The van der Waals surface area contributed by atoms with E-state index in [1.807, 2.05) is 0 Å². The Morgan fingerprint density at radius 1 is 1.45 bits per heavy atom. The van der Waals surface area contributed by atoms with Crippen molar-refractivity contribution in [3.8, 4) is 0 Å². The van der Waals surface area contributed by atoms with E-state index in [4.69, 9.17) is 10.5 Å². The highest BCUT2D eigenvalue weighted by Gasteiger charge is 2.22. The Hall–Kier alpha value is -2.13. The molecule has 2 aromatic heterocycles. The maximum absolute atomic E-state index is 12.0. The van der Waals surface area contributed by atoms with Crippen molar-refractivity contribution in [2.45, 2.75) is 13.0 Å². The third kappa shape index (κ3) is 3.74. The van der Waals surface area contributed by atoms with Gasteiger partial charge in [0.15, 0.2) is 6.10 Å². The highest BCUT2D eigenvalue weighted by Crippen LogP contribution is 2.23. The number of aromatic nitrogens is 1. The summed E-state index contributed by atoms with van der Waals surface area (Å²) in [7, 11) is 0. The van der Waals surface area contributed by atoms with Gasteiger partial charge in [-0.25, -0.2) is 4.79 Å². The number of nitrogens with one attached hydrogen (secondary N) is 2. The Morgan fingerprint density at radius 2 is 2.18 bits per heavy atom. The smallest absolute Gasteiger partial charge is 0.355 e. The van der Waals surface area contributed by atoms with Gasteiger partial charge in [0.25, 0.3) is 11.8 Å². The fourth-order valence-corrected chi connectivity index (χ4v) is 2.72. The van der Waals surface area contributed by atoms with E-state index in [0.717, 1.165) is 11.3 Å². The van der Waals surface area contributed by atoms with Crippen molar-refractivity contribution in [1.82, 2.24) is 4.98 Å². The Morgan fingerprint density at radius 3 is 2.77 bits per heavy atom. The first-order chi connectivity index (χ1) is 10.4. The summed E-state index contributed by atoms with van der Waals surface area (Å²) in [5.41, 5.74) is 5.63. The first-order valence-electron chi connectivity index (χ1n) is 6.11. The van der Waals surface area contributed by atoms with Crippen LogP contribution in [-0.2, 0) is 9.53 Å². The van der Waals surface area contributed by atoms with Crippen LogP contribution in [0.15, 0.2) is 28.2 Å². The van der Waals surface area contributed by atoms with Gasteiger partial charge in [-0.1, -0.05) is 0 Å². The molecule has 0 aliphatic carbocycles. The molecule has 0 spiro atoms. The predicted octanol–water partition coefficient (Wildman–Crippen LogP) is 2.12. The van der Waals surface area contributed by atoms with E-state index >= 15 is 0 Å². The van der Waals surface area contributed by atoms with Crippen LogP contribution in [0.2, 0.25) is 0 Å². The standard InChI is InChI=1S/C13H12BrN3O4S/c1-6(21-13(20)9-4-7(14)5-16-9)11(19)17-12-8(10(15)18)2-3-22-12/h2-6,16H,1H3,(H2,15,18)(H,17,19). The first kappa shape index (κ1) is 16.2. The van der Waals surface area contributed by atoms with E-state index < -0.39 is 23.9 Å². The van der Waals surface area contributed by atoms with E-state index in [9.17, 15) is 14.4 Å². The van der Waals surface area contributed by atoms with Gasteiger partial charge >= 0.3 is 5.97 Å². The van der Waals surface area contributed by atoms with E-state index in [2.05, 4.69) is 26.2 Å². The van der Waals surface area contributed by atoms with Crippen LogP contribution in [0.4, 0.5) is 5.00 Å². The molecule has 0 radical (unpaired) electrons. The lowest BCUT2D eigenvalue weighted by atomic mass is 10.3. The Balaban J connectivity index is 1.99. The number of halogens is 1. The van der Waals surface area contributed by atoms with Crippen LogP contribution >= 0.6 is 27.3 Å². The molecular weight excluding hydrogens is 374 g/mol. The van der Waals surface area contributed by atoms with Gasteiger partial charge in [0, 0.05) is 10.7 Å². The van der Waals surface area contributed by atoms with Gasteiger partial charge in [0.1, 0.15) is 10.7 Å². The van der Waals surface area contributed by atoms with Crippen LogP contribution in [0.3, 0.4) is 0 Å². The molecule has 2 aromatic rings. The minimum absolute atomic E-state index is 0.213.